The van der Waals surface area contributed by atoms with Gasteiger partial charge in [-0.05, 0) is 63.1 Å². The predicted octanol–water partition coefficient (Wildman–Crippen LogP) is 4.85. The van der Waals surface area contributed by atoms with Gasteiger partial charge in [-0.3, -0.25) is 14.6 Å². The molecule has 0 saturated carbocycles. The third-order valence-corrected chi connectivity index (χ3v) is 6.79. The number of methoxy groups -OCH3 is 1. The first-order valence-corrected chi connectivity index (χ1v) is 12.1. The molecule has 178 valence electrons. The molecular formula is C28H39N3O2. The van der Waals surface area contributed by atoms with Crippen LogP contribution in [-0.2, 0) is 0 Å². The normalized spacial score (nSPS) is 20.3. The van der Waals surface area contributed by atoms with E-state index in [2.05, 4.69) is 60.6 Å². The first kappa shape index (κ1) is 25.0. The maximum atomic E-state index is 12.8. The zero-order valence-electron chi connectivity index (χ0n) is 20.8. The predicted molar refractivity (Wildman–Crippen MR) is 136 cm³/mol. The molecule has 0 N–H and O–H groups in total. The molecule has 2 aromatic rings. The summed E-state index contributed by atoms with van der Waals surface area (Å²) in [5.74, 6) is 0.946. The minimum absolute atomic E-state index is 0.0843. The summed E-state index contributed by atoms with van der Waals surface area (Å²) < 4.78 is 5.54. The molecule has 1 aliphatic rings. The number of hydrogen-bond acceptors (Lipinski definition) is 4. The molecule has 0 bridgehead atoms. The highest BCUT2D eigenvalue weighted by Gasteiger charge is 2.34. The van der Waals surface area contributed by atoms with Gasteiger partial charge >= 0.3 is 0 Å². The third-order valence-electron chi connectivity index (χ3n) is 6.79. The van der Waals surface area contributed by atoms with E-state index in [0.717, 1.165) is 30.9 Å². The molecule has 3 atom stereocenters. The summed E-state index contributed by atoms with van der Waals surface area (Å²) in [6, 6.07) is 17.4. The lowest BCUT2D eigenvalue weighted by Gasteiger charge is -2.47. The van der Waals surface area contributed by atoms with Crippen LogP contribution < -0.4 is 4.74 Å². The second kappa shape index (κ2) is 11.5. The van der Waals surface area contributed by atoms with Crippen molar-refractivity contribution in [3.05, 3.63) is 77.9 Å². The van der Waals surface area contributed by atoms with E-state index < -0.39 is 0 Å². The molecule has 1 aliphatic heterocycles. The Morgan fingerprint density at radius 1 is 1.09 bits per heavy atom. The minimum atomic E-state index is 0.0843. The number of piperazine rings is 1. The van der Waals surface area contributed by atoms with E-state index in [-0.39, 0.29) is 11.9 Å². The Bertz CT molecular complexity index is 923. The summed E-state index contributed by atoms with van der Waals surface area (Å²) in [6.07, 6.45) is 1.99. The third kappa shape index (κ3) is 5.66. The van der Waals surface area contributed by atoms with Crippen LogP contribution in [0.2, 0.25) is 0 Å². The minimum Gasteiger partial charge on any atom is -0.497 e. The fraction of sp³-hybridized carbons (Fsp3) is 0.464. The smallest absolute Gasteiger partial charge is 0.253 e. The molecule has 1 heterocycles. The average molecular weight is 450 g/mol. The number of amides is 1. The standard InChI is InChI=1S/C28H39N3O2/c1-7-17-30-19-22(5)31(20-21(30)4)27(25-11-10-12-26(18-25)33-6)23-13-15-24(16-14-23)28(32)29(8-2)9-3/h7,10-16,18,21-22,27H,1,8-9,17,19-20H2,2-6H3/t21-,22+,27?/m1/s1. The van der Waals surface area contributed by atoms with Gasteiger partial charge in [-0.1, -0.05) is 30.3 Å². The summed E-state index contributed by atoms with van der Waals surface area (Å²) in [6.45, 7) is 16.8. The van der Waals surface area contributed by atoms with E-state index in [4.69, 9.17) is 4.74 Å². The summed E-state index contributed by atoms with van der Waals surface area (Å²) in [5, 5.41) is 0. The summed E-state index contributed by atoms with van der Waals surface area (Å²) >= 11 is 0. The maximum Gasteiger partial charge on any atom is 0.253 e. The number of hydrogen-bond donors (Lipinski definition) is 0. The Kier molecular flexibility index (Phi) is 8.70. The molecule has 2 aromatic carbocycles. The molecular weight excluding hydrogens is 410 g/mol. The van der Waals surface area contributed by atoms with E-state index in [9.17, 15) is 4.79 Å². The topological polar surface area (TPSA) is 36.0 Å². The lowest BCUT2D eigenvalue weighted by Crippen LogP contribution is -2.57. The number of carbonyl (C=O) groups is 1. The Hall–Kier alpha value is -2.63. The van der Waals surface area contributed by atoms with Crippen molar-refractivity contribution in [2.24, 2.45) is 0 Å². The highest BCUT2D eigenvalue weighted by Crippen LogP contribution is 2.34. The molecule has 0 aliphatic carbocycles. The van der Waals surface area contributed by atoms with Gasteiger partial charge in [-0.2, -0.15) is 0 Å². The van der Waals surface area contributed by atoms with Gasteiger partial charge in [-0.25, -0.2) is 0 Å². The van der Waals surface area contributed by atoms with Crippen LogP contribution in [0.5, 0.6) is 5.75 Å². The number of carbonyl (C=O) groups excluding carboxylic acids is 1. The Balaban J connectivity index is 1.98. The Labute approximate surface area is 199 Å². The average Bonchev–Trinajstić information content (AvgIpc) is 2.83. The molecule has 33 heavy (non-hydrogen) atoms. The van der Waals surface area contributed by atoms with Crippen molar-refractivity contribution in [2.75, 3.05) is 39.8 Å². The summed E-state index contributed by atoms with van der Waals surface area (Å²) in [4.78, 5) is 19.8. The van der Waals surface area contributed by atoms with Crippen LogP contribution in [0.3, 0.4) is 0 Å². The fourth-order valence-electron chi connectivity index (χ4n) is 4.89. The summed E-state index contributed by atoms with van der Waals surface area (Å²) in [7, 11) is 1.71. The Morgan fingerprint density at radius 2 is 1.79 bits per heavy atom. The van der Waals surface area contributed by atoms with Gasteiger partial charge in [0.2, 0.25) is 0 Å². The monoisotopic (exact) mass is 449 g/mol. The van der Waals surface area contributed by atoms with Gasteiger partial charge in [0.05, 0.1) is 13.2 Å². The van der Waals surface area contributed by atoms with E-state index >= 15 is 0 Å². The first-order chi connectivity index (χ1) is 15.9. The first-order valence-electron chi connectivity index (χ1n) is 12.1. The molecule has 1 unspecified atom stereocenters. The van der Waals surface area contributed by atoms with Crippen LogP contribution in [-0.4, -0.2) is 72.5 Å². The van der Waals surface area contributed by atoms with E-state index in [1.165, 1.54) is 11.1 Å². The van der Waals surface area contributed by atoms with Gasteiger partial charge in [0, 0.05) is 50.4 Å². The molecule has 0 aromatic heterocycles. The van der Waals surface area contributed by atoms with Crippen LogP contribution in [0.1, 0.15) is 55.2 Å². The van der Waals surface area contributed by atoms with Gasteiger partial charge in [0.15, 0.2) is 0 Å². The molecule has 5 heteroatoms. The van der Waals surface area contributed by atoms with Crippen LogP contribution in [0.4, 0.5) is 0 Å². The molecule has 1 saturated heterocycles. The molecule has 0 spiro atoms. The quantitative estimate of drug-likeness (QED) is 0.513. The van der Waals surface area contributed by atoms with Crippen molar-refractivity contribution < 1.29 is 9.53 Å². The molecule has 1 fully saturated rings. The number of ether oxygens (including phenoxy) is 1. The van der Waals surface area contributed by atoms with Gasteiger partial charge in [0.1, 0.15) is 5.75 Å². The zero-order valence-corrected chi connectivity index (χ0v) is 20.8. The van der Waals surface area contributed by atoms with E-state index in [0.29, 0.717) is 25.2 Å². The van der Waals surface area contributed by atoms with Gasteiger partial charge in [-0.15, -0.1) is 6.58 Å². The fourth-order valence-corrected chi connectivity index (χ4v) is 4.89. The van der Waals surface area contributed by atoms with Crippen molar-refractivity contribution in [2.45, 2.75) is 45.8 Å². The van der Waals surface area contributed by atoms with Crippen LogP contribution in [0.25, 0.3) is 0 Å². The number of rotatable bonds is 9. The molecule has 5 nitrogen and oxygen atoms in total. The van der Waals surface area contributed by atoms with Crippen molar-refractivity contribution in [1.29, 1.82) is 0 Å². The largest absolute Gasteiger partial charge is 0.497 e. The van der Waals surface area contributed by atoms with Crippen LogP contribution in [0.15, 0.2) is 61.2 Å². The second-order valence-electron chi connectivity index (χ2n) is 8.92. The van der Waals surface area contributed by atoms with Gasteiger partial charge in [0.25, 0.3) is 5.91 Å². The van der Waals surface area contributed by atoms with Crippen molar-refractivity contribution in [3.63, 3.8) is 0 Å². The lowest BCUT2D eigenvalue weighted by molar-refractivity contribution is 0.0306. The van der Waals surface area contributed by atoms with Crippen molar-refractivity contribution in [1.82, 2.24) is 14.7 Å². The number of nitrogens with zero attached hydrogens (tertiary/aromatic N) is 3. The SMILES string of the molecule is C=CCN1C[C@H](C)N(C(c2ccc(C(=O)N(CC)CC)cc2)c2cccc(OC)c2)C[C@H]1C. The van der Waals surface area contributed by atoms with E-state index in [1.54, 1.807) is 7.11 Å². The van der Waals surface area contributed by atoms with Crippen LogP contribution in [0, 0.1) is 0 Å². The van der Waals surface area contributed by atoms with Crippen LogP contribution >= 0.6 is 0 Å². The zero-order chi connectivity index (χ0) is 24.0. The van der Waals surface area contributed by atoms with Gasteiger partial charge < -0.3 is 9.64 Å². The highest BCUT2D eigenvalue weighted by atomic mass is 16.5. The maximum absolute atomic E-state index is 12.8. The van der Waals surface area contributed by atoms with Crippen molar-refractivity contribution in [3.8, 4) is 5.75 Å². The highest BCUT2D eigenvalue weighted by molar-refractivity contribution is 5.94. The summed E-state index contributed by atoms with van der Waals surface area (Å²) in [5.41, 5.74) is 3.13. The van der Waals surface area contributed by atoms with Crippen molar-refractivity contribution >= 4 is 5.91 Å². The molecule has 3 rings (SSSR count). The lowest BCUT2D eigenvalue weighted by atomic mass is 9.92. The second-order valence-corrected chi connectivity index (χ2v) is 8.92. The molecule has 1 amide bonds. The van der Waals surface area contributed by atoms with E-state index in [1.807, 2.05) is 43.0 Å². The molecule has 0 radical (unpaired) electrons. The number of benzene rings is 2. The Morgan fingerprint density at radius 3 is 2.39 bits per heavy atom.